The molecule has 0 spiro atoms. The van der Waals surface area contributed by atoms with Crippen molar-refractivity contribution in [3.63, 3.8) is 0 Å². The van der Waals surface area contributed by atoms with Gasteiger partial charge in [0.15, 0.2) is 0 Å². The molecule has 0 heterocycles. The van der Waals surface area contributed by atoms with Gasteiger partial charge in [0.25, 0.3) is 0 Å². The van der Waals surface area contributed by atoms with Crippen LogP contribution in [0.15, 0.2) is 48.5 Å². The Morgan fingerprint density at radius 3 is 2.09 bits per heavy atom. The molecular weight excluding hydrogens is 486 g/mol. The van der Waals surface area contributed by atoms with Crippen LogP contribution in [0.1, 0.15) is 57.6 Å². The molecule has 0 saturated heterocycles. The minimum absolute atomic E-state index is 0.151. The molecule has 2 aromatic carbocycles. The lowest BCUT2D eigenvalue weighted by atomic mass is 10.0. The summed E-state index contributed by atoms with van der Waals surface area (Å²) in [5.74, 6) is -0.431. The number of amides is 2. The third kappa shape index (κ3) is 8.25. The Kier molecular flexibility index (Phi) is 10.6. The van der Waals surface area contributed by atoms with E-state index in [1.807, 2.05) is 26.0 Å². The van der Waals surface area contributed by atoms with Crippen LogP contribution in [-0.2, 0) is 26.2 Å². The molecule has 0 bridgehead atoms. The normalized spacial score (nSPS) is 12.3. The maximum Gasteiger partial charge on any atom is 0.244 e. The van der Waals surface area contributed by atoms with Gasteiger partial charge in [-0.05, 0) is 54.2 Å². The first-order valence-electron chi connectivity index (χ1n) is 11.9. The number of halogens is 1. The maximum absolute atomic E-state index is 13.6. The molecule has 1 N–H and O–H groups in total. The fourth-order valence-electron chi connectivity index (χ4n) is 3.71. The maximum atomic E-state index is 13.6. The van der Waals surface area contributed by atoms with Gasteiger partial charge in [0.2, 0.25) is 21.8 Å². The van der Waals surface area contributed by atoms with Gasteiger partial charge in [0, 0.05) is 18.1 Å². The van der Waals surface area contributed by atoms with E-state index in [1.54, 1.807) is 36.4 Å². The van der Waals surface area contributed by atoms with Gasteiger partial charge in [0.1, 0.15) is 12.6 Å². The van der Waals surface area contributed by atoms with Gasteiger partial charge in [-0.1, -0.05) is 63.6 Å². The van der Waals surface area contributed by atoms with Gasteiger partial charge >= 0.3 is 0 Å². The average molecular weight is 522 g/mol. The molecule has 0 aromatic heterocycles. The first-order valence-corrected chi connectivity index (χ1v) is 14.1. The Morgan fingerprint density at radius 2 is 1.60 bits per heavy atom. The minimum atomic E-state index is -3.76. The van der Waals surface area contributed by atoms with Crippen molar-refractivity contribution >= 4 is 39.1 Å². The number of hydrogen-bond acceptors (Lipinski definition) is 4. The smallest absolute Gasteiger partial charge is 0.244 e. The molecule has 9 heteroatoms. The SMILES string of the molecule is CCCNC(=O)[C@@H](CC)N(Cc1ccc(Cl)cc1)C(=O)CN(c1ccc(C(C)C)cc1)S(C)(=O)=O. The zero-order valence-electron chi connectivity index (χ0n) is 21.1. The van der Waals surface area contributed by atoms with Crippen LogP contribution in [0.3, 0.4) is 0 Å². The molecule has 1 atom stereocenters. The topological polar surface area (TPSA) is 86.8 Å². The van der Waals surface area contributed by atoms with Crippen molar-refractivity contribution in [2.24, 2.45) is 0 Å². The lowest BCUT2D eigenvalue weighted by Gasteiger charge is -2.33. The molecule has 0 aliphatic carbocycles. The van der Waals surface area contributed by atoms with E-state index in [-0.39, 0.29) is 12.5 Å². The van der Waals surface area contributed by atoms with Crippen molar-refractivity contribution in [1.29, 1.82) is 0 Å². The Bertz CT molecular complexity index is 1090. The third-order valence-electron chi connectivity index (χ3n) is 5.73. The summed E-state index contributed by atoms with van der Waals surface area (Å²) in [7, 11) is -3.76. The predicted molar refractivity (Wildman–Crippen MR) is 142 cm³/mol. The highest BCUT2D eigenvalue weighted by Crippen LogP contribution is 2.23. The fraction of sp³-hybridized carbons (Fsp3) is 0.462. The molecule has 0 saturated carbocycles. The van der Waals surface area contributed by atoms with Crippen LogP contribution >= 0.6 is 11.6 Å². The fourth-order valence-corrected chi connectivity index (χ4v) is 4.69. The highest BCUT2D eigenvalue weighted by atomic mass is 35.5. The molecule has 0 radical (unpaired) electrons. The van der Waals surface area contributed by atoms with Crippen molar-refractivity contribution in [3.05, 3.63) is 64.7 Å². The monoisotopic (exact) mass is 521 g/mol. The van der Waals surface area contributed by atoms with Crippen molar-refractivity contribution in [3.8, 4) is 0 Å². The van der Waals surface area contributed by atoms with Crippen LogP contribution in [0.4, 0.5) is 5.69 Å². The molecular formula is C26H36ClN3O4S. The van der Waals surface area contributed by atoms with Gasteiger partial charge in [-0.3, -0.25) is 13.9 Å². The number of nitrogens with one attached hydrogen (secondary N) is 1. The molecule has 0 aliphatic rings. The number of sulfonamides is 1. The standard InChI is InChI=1S/C26H36ClN3O4S/c1-6-16-28-26(32)24(7-2)29(17-20-8-12-22(27)13-9-20)25(31)18-30(35(5,33)34)23-14-10-21(11-15-23)19(3)4/h8-15,19,24H,6-7,16-18H2,1-5H3,(H,28,32)/t24-/m1/s1. The number of benzene rings is 2. The number of nitrogens with zero attached hydrogens (tertiary/aromatic N) is 2. The molecule has 2 rings (SSSR count). The first kappa shape index (κ1) is 28.7. The summed E-state index contributed by atoms with van der Waals surface area (Å²) in [6, 6.07) is 13.4. The lowest BCUT2D eigenvalue weighted by molar-refractivity contribution is -0.140. The van der Waals surface area contributed by atoms with Crippen LogP contribution in [0.5, 0.6) is 0 Å². The van der Waals surface area contributed by atoms with Gasteiger partial charge in [-0.2, -0.15) is 0 Å². The summed E-state index contributed by atoms with van der Waals surface area (Å²) in [5, 5.41) is 3.42. The summed E-state index contributed by atoms with van der Waals surface area (Å²) in [6.45, 7) is 8.12. The largest absolute Gasteiger partial charge is 0.354 e. The van der Waals surface area contributed by atoms with Crippen molar-refractivity contribution in [2.75, 3.05) is 23.7 Å². The van der Waals surface area contributed by atoms with Crippen molar-refractivity contribution < 1.29 is 18.0 Å². The number of hydrogen-bond donors (Lipinski definition) is 1. The van der Waals surface area contributed by atoms with Gasteiger partial charge in [-0.15, -0.1) is 0 Å². The highest BCUT2D eigenvalue weighted by Gasteiger charge is 2.31. The van der Waals surface area contributed by atoms with Crippen LogP contribution in [0.25, 0.3) is 0 Å². The lowest BCUT2D eigenvalue weighted by Crippen LogP contribution is -2.52. The van der Waals surface area contributed by atoms with E-state index in [4.69, 9.17) is 11.6 Å². The Balaban J connectivity index is 2.40. The second kappa shape index (κ2) is 12.9. The molecule has 35 heavy (non-hydrogen) atoms. The molecule has 2 amide bonds. The van der Waals surface area contributed by atoms with E-state index in [9.17, 15) is 18.0 Å². The Morgan fingerprint density at radius 1 is 1.00 bits per heavy atom. The second-order valence-electron chi connectivity index (χ2n) is 8.88. The quantitative estimate of drug-likeness (QED) is 0.443. The summed E-state index contributed by atoms with van der Waals surface area (Å²) in [4.78, 5) is 28.0. The molecule has 0 fully saturated rings. The van der Waals surface area contributed by atoms with Gasteiger partial charge < -0.3 is 10.2 Å². The van der Waals surface area contributed by atoms with Crippen molar-refractivity contribution in [1.82, 2.24) is 10.2 Å². The van der Waals surface area contributed by atoms with Crippen LogP contribution in [0, 0.1) is 0 Å². The first-order chi connectivity index (χ1) is 16.5. The van der Waals surface area contributed by atoms with E-state index < -0.39 is 28.5 Å². The van der Waals surface area contributed by atoms with Crippen LogP contribution in [0.2, 0.25) is 5.02 Å². The predicted octanol–water partition coefficient (Wildman–Crippen LogP) is 4.56. The van der Waals surface area contributed by atoms with Crippen LogP contribution in [-0.4, -0.2) is 50.5 Å². The zero-order valence-corrected chi connectivity index (χ0v) is 22.7. The summed E-state index contributed by atoms with van der Waals surface area (Å²) < 4.78 is 26.4. The summed E-state index contributed by atoms with van der Waals surface area (Å²) in [6.07, 6.45) is 2.23. The summed E-state index contributed by atoms with van der Waals surface area (Å²) >= 11 is 6.01. The van der Waals surface area contributed by atoms with E-state index in [0.717, 1.165) is 28.1 Å². The van der Waals surface area contributed by atoms with Crippen LogP contribution < -0.4 is 9.62 Å². The van der Waals surface area contributed by atoms with E-state index >= 15 is 0 Å². The summed E-state index contributed by atoms with van der Waals surface area (Å²) in [5.41, 5.74) is 2.26. The van der Waals surface area contributed by atoms with E-state index in [0.29, 0.717) is 29.6 Å². The minimum Gasteiger partial charge on any atom is -0.354 e. The third-order valence-corrected chi connectivity index (χ3v) is 7.12. The number of anilines is 1. The Labute approximate surface area is 214 Å². The molecule has 0 aliphatic heterocycles. The number of carbonyl (C=O) groups excluding carboxylic acids is 2. The van der Waals surface area contributed by atoms with E-state index in [2.05, 4.69) is 19.2 Å². The number of carbonyl (C=O) groups is 2. The molecule has 0 unspecified atom stereocenters. The average Bonchev–Trinajstić information content (AvgIpc) is 2.81. The molecule has 2 aromatic rings. The zero-order chi connectivity index (χ0) is 26.2. The Hall–Kier alpha value is -2.58. The van der Waals surface area contributed by atoms with Gasteiger partial charge in [0.05, 0.1) is 11.9 Å². The molecule has 192 valence electrons. The highest BCUT2D eigenvalue weighted by molar-refractivity contribution is 7.92. The number of rotatable bonds is 12. The van der Waals surface area contributed by atoms with E-state index in [1.165, 1.54) is 4.90 Å². The van der Waals surface area contributed by atoms with Crippen molar-refractivity contribution in [2.45, 2.75) is 59.0 Å². The second-order valence-corrected chi connectivity index (χ2v) is 11.2. The molecule has 7 nitrogen and oxygen atoms in total. The van der Waals surface area contributed by atoms with Gasteiger partial charge in [-0.25, -0.2) is 8.42 Å².